The van der Waals surface area contributed by atoms with E-state index in [9.17, 15) is 0 Å². The number of halogens is 1. The van der Waals surface area contributed by atoms with E-state index in [0.717, 1.165) is 87.3 Å². The van der Waals surface area contributed by atoms with Crippen molar-refractivity contribution in [2.45, 2.75) is 40.2 Å². The smallest absolute Gasteiger partial charge is 0.205 e. The summed E-state index contributed by atoms with van der Waals surface area (Å²) in [6.45, 7) is 12.5. The molecule has 1 saturated heterocycles. The highest BCUT2D eigenvalue weighted by molar-refractivity contribution is 14.0. The molecule has 1 fully saturated rings. The zero-order valence-corrected chi connectivity index (χ0v) is 22.0. The van der Waals surface area contributed by atoms with Gasteiger partial charge in [-0.2, -0.15) is 4.37 Å². The Balaban J connectivity index is 0.00000341. The molecule has 3 heterocycles. The fourth-order valence-electron chi connectivity index (χ4n) is 3.15. The van der Waals surface area contributed by atoms with E-state index in [0.29, 0.717) is 6.54 Å². The van der Waals surface area contributed by atoms with E-state index in [1.54, 1.807) is 0 Å². The van der Waals surface area contributed by atoms with Crippen LogP contribution in [0.25, 0.3) is 0 Å². The normalized spacial score (nSPS) is 14.6. The average Bonchev–Trinajstić information content (AvgIpc) is 3.38. The van der Waals surface area contributed by atoms with Crippen LogP contribution in [0.15, 0.2) is 4.99 Å². The van der Waals surface area contributed by atoms with Crippen molar-refractivity contribution >= 4 is 46.6 Å². The van der Waals surface area contributed by atoms with Gasteiger partial charge in [0.2, 0.25) is 5.13 Å². The second kappa shape index (κ2) is 13.1. The number of aryl methyl sites for hydroxylation is 2. The molecule has 0 radical (unpaired) electrons. The van der Waals surface area contributed by atoms with Crippen molar-refractivity contribution in [1.29, 1.82) is 0 Å². The lowest BCUT2D eigenvalue weighted by atomic mass is 10.3. The van der Waals surface area contributed by atoms with Crippen LogP contribution in [0.3, 0.4) is 0 Å². The van der Waals surface area contributed by atoms with Crippen molar-refractivity contribution in [2.24, 2.45) is 12.0 Å². The lowest BCUT2D eigenvalue weighted by Gasteiger charge is -2.36. The number of aliphatic imine (C=N–C) groups is 1. The Kier molecular flexibility index (Phi) is 10.9. The van der Waals surface area contributed by atoms with Gasteiger partial charge < -0.3 is 24.4 Å². The molecule has 0 unspecified atom stereocenters. The minimum Gasteiger partial charge on any atom is -0.382 e. The van der Waals surface area contributed by atoms with E-state index in [4.69, 9.17) is 9.73 Å². The molecule has 0 bridgehead atoms. The average molecular weight is 564 g/mol. The number of hydrogen-bond donors (Lipinski definition) is 1. The summed E-state index contributed by atoms with van der Waals surface area (Å²) in [7, 11) is 1.97. The number of nitrogens with one attached hydrogen (secondary N) is 1. The number of aromatic nitrogens is 5. The summed E-state index contributed by atoms with van der Waals surface area (Å²) in [6, 6.07) is 0. The number of ether oxygens (including phenoxy) is 1. The van der Waals surface area contributed by atoms with Crippen LogP contribution < -0.4 is 10.2 Å². The van der Waals surface area contributed by atoms with E-state index in [-0.39, 0.29) is 24.0 Å². The SMILES string of the molecule is CCOCCCNC(=NCc1nnc(C)n1C)N1CCN(c2nc(CC)ns2)CC1.I. The monoisotopic (exact) mass is 563 g/mol. The van der Waals surface area contributed by atoms with Crippen LogP contribution in [-0.2, 0) is 24.8 Å². The largest absolute Gasteiger partial charge is 0.382 e. The maximum Gasteiger partial charge on any atom is 0.205 e. The van der Waals surface area contributed by atoms with Crippen molar-refractivity contribution in [2.75, 3.05) is 50.8 Å². The number of nitrogens with zero attached hydrogens (tertiary/aromatic N) is 8. The number of guanidine groups is 1. The highest BCUT2D eigenvalue weighted by atomic mass is 127. The van der Waals surface area contributed by atoms with E-state index < -0.39 is 0 Å². The fraction of sp³-hybridized carbons (Fsp3) is 0.737. The molecule has 0 aromatic carbocycles. The summed E-state index contributed by atoms with van der Waals surface area (Å²) in [5.74, 6) is 3.59. The first-order chi connectivity index (χ1) is 14.6. The third kappa shape index (κ3) is 7.24. The first-order valence-corrected chi connectivity index (χ1v) is 11.4. The molecule has 1 aliphatic heterocycles. The maximum atomic E-state index is 5.45. The van der Waals surface area contributed by atoms with Crippen LogP contribution in [0.5, 0.6) is 0 Å². The molecule has 0 atom stereocenters. The molecule has 0 spiro atoms. The Morgan fingerprint density at radius 2 is 1.97 bits per heavy atom. The summed E-state index contributed by atoms with van der Waals surface area (Å²) in [6.07, 6.45) is 1.82. The number of anilines is 1. The predicted octanol–water partition coefficient (Wildman–Crippen LogP) is 1.85. The van der Waals surface area contributed by atoms with Crippen LogP contribution in [0.4, 0.5) is 5.13 Å². The van der Waals surface area contributed by atoms with Crippen LogP contribution in [-0.4, -0.2) is 80.9 Å². The Bertz CT molecular complexity index is 817. The summed E-state index contributed by atoms with van der Waals surface area (Å²) in [5, 5.41) is 12.9. The van der Waals surface area contributed by atoms with Gasteiger partial charge in [0.25, 0.3) is 0 Å². The minimum absolute atomic E-state index is 0. The number of rotatable bonds is 9. The van der Waals surface area contributed by atoms with Crippen molar-refractivity contribution < 1.29 is 4.74 Å². The maximum absolute atomic E-state index is 5.45. The second-order valence-electron chi connectivity index (χ2n) is 7.16. The van der Waals surface area contributed by atoms with Crippen LogP contribution in [0.1, 0.15) is 37.7 Å². The van der Waals surface area contributed by atoms with E-state index in [1.165, 1.54) is 11.5 Å². The third-order valence-corrected chi connectivity index (χ3v) is 5.94. The molecule has 0 aliphatic carbocycles. The van der Waals surface area contributed by atoms with Crippen LogP contribution >= 0.6 is 35.5 Å². The standard InChI is InChI=1S/C19H33N9OS.HI/c1-5-16-22-19(30-25-16)28-11-9-27(10-12-28)18(20-8-7-13-29-6-2)21-14-17-24-23-15(3)26(17)4;/h5-14H2,1-4H3,(H,20,21);1H. The van der Waals surface area contributed by atoms with Gasteiger partial charge >= 0.3 is 0 Å². The Hall–Kier alpha value is -1.54. The molecule has 0 saturated carbocycles. The highest BCUT2D eigenvalue weighted by Crippen LogP contribution is 2.19. The van der Waals surface area contributed by atoms with E-state index >= 15 is 0 Å². The van der Waals surface area contributed by atoms with Gasteiger partial charge in [0.15, 0.2) is 11.8 Å². The van der Waals surface area contributed by atoms with E-state index in [2.05, 4.69) is 41.6 Å². The molecule has 10 nitrogen and oxygen atoms in total. The number of hydrogen-bond acceptors (Lipinski definition) is 8. The fourth-order valence-corrected chi connectivity index (χ4v) is 3.95. The van der Waals surface area contributed by atoms with Gasteiger partial charge in [-0.1, -0.05) is 6.92 Å². The predicted molar refractivity (Wildman–Crippen MR) is 134 cm³/mol. The van der Waals surface area contributed by atoms with Crippen molar-refractivity contribution in [3.8, 4) is 0 Å². The first kappa shape index (κ1) is 25.7. The van der Waals surface area contributed by atoms with Gasteiger partial charge in [-0.25, -0.2) is 9.98 Å². The molecule has 1 N–H and O–H groups in total. The van der Waals surface area contributed by atoms with Crippen molar-refractivity contribution in [3.05, 3.63) is 17.5 Å². The quantitative estimate of drug-likeness (QED) is 0.214. The first-order valence-electron chi connectivity index (χ1n) is 10.7. The topological polar surface area (TPSA) is 96.6 Å². The van der Waals surface area contributed by atoms with Gasteiger partial charge in [-0.3, -0.25) is 0 Å². The molecule has 2 aromatic heterocycles. The Morgan fingerprint density at radius 1 is 1.19 bits per heavy atom. The molecule has 0 amide bonds. The second-order valence-corrected chi connectivity index (χ2v) is 7.89. The summed E-state index contributed by atoms with van der Waals surface area (Å²) in [4.78, 5) is 14.1. The number of piperazine rings is 1. The summed E-state index contributed by atoms with van der Waals surface area (Å²) in [5.41, 5.74) is 0. The lowest BCUT2D eigenvalue weighted by molar-refractivity contribution is 0.145. The van der Waals surface area contributed by atoms with Crippen LogP contribution in [0.2, 0.25) is 0 Å². The zero-order valence-electron chi connectivity index (χ0n) is 18.9. The molecule has 174 valence electrons. The highest BCUT2D eigenvalue weighted by Gasteiger charge is 2.22. The molecule has 12 heteroatoms. The van der Waals surface area contributed by atoms with Gasteiger partial charge in [0.05, 0.1) is 0 Å². The molecule has 2 aromatic rings. The van der Waals surface area contributed by atoms with Gasteiger partial charge in [-0.05, 0) is 20.3 Å². The lowest BCUT2D eigenvalue weighted by Crippen LogP contribution is -2.52. The summed E-state index contributed by atoms with van der Waals surface area (Å²) >= 11 is 1.49. The van der Waals surface area contributed by atoms with E-state index in [1.807, 2.05) is 25.5 Å². The van der Waals surface area contributed by atoms with Gasteiger partial charge in [0.1, 0.15) is 18.2 Å². The molecule has 31 heavy (non-hydrogen) atoms. The summed E-state index contributed by atoms with van der Waals surface area (Å²) < 4.78 is 11.8. The Labute approximate surface area is 205 Å². The third-order valence-electron chi connectivity index (χ3n) is 5.13. The van der Waals surface area contributed by atoms with Gasteiger partial charge in [-0.15, -0.1) is 34.2 Å². The molecular weight excluding hydrogens is 529 g/mol. The zero-order chi connectivity index (χ0) is 21.3. The van der Waals surface area contributed by atoms with Crippen molar-refractivity contribution in [3.63, 3.8) is 0 Å². The van der Waals surface area contributed by atoms with Crippen molar-refractivity contribution in [1.82, 2.24) is 34.3 Å². The molecule has 3 rings (SSSR count). The minimum atomic E-state index is 0. The molecular formula is C19H34IN9OS. The van der Waals surface area contributed by atoms with Gasteiger partial charge in [0, 0.05) is 70.9 Å². The van der Waals surface area contributed by atoms with Crippen LogP contribution in [0, 0.1) is 6.92 Å². The molecule has 1 aliphatic rings. The Morgan fingerprint density at radius 3 is 2.58 bits per heavy atom.